The molecule has 0 saturated carbocycles. The molecule has 2 N–H and O–H groups in total. The Bertz CT molecular complexity index is 711. The maximum absolute atomic E-state index is 13.2. The van der Waals surface area contributed by atoms with Crippen LogP contribution in [-0.4, -0.2) is 48.0 Å². The predicted octanol–water partition coefficient (Wildman–Crippen LogP) is 2.69. The second-order valence-electron chi connectivity index (χ2n) is 5.46. The standard InChI is InChI=1S/C16H19ClFN5O/c1-23(2)7-3-6-19-16(24)14-9-15(21-10-20-14)22-11-4-5-13(18)12(17)8-11/h4-5,8-10H,3,6-7H2,1-2H3,(H,19,24)(H,20,21,22). The van der Waals surface area contributed by atoms with E-state index in [1.165, 1.54) is 30.6 Å². The zero-order valence-corrected chi connectivity index (χ0v) is 14.3. The van der Waals surface area contributed by atoms with Crippen LogP contribution in [0.5, 0.6) is 0 Å². The minimum absolute atomic E-state index is 0.00733. The fourth-order valence-corrected chi connectivity index (χ4v) is 2.14. The van der Waals surface area contributed by atoms with Gasteiger partial charge >= 0.3 is 0 Å². The van der Waals surface area contributed by atoms with Crippen LogP contribution in [0.2, 0.25) is 5.02 Å². The Morgan fingerprint density at radius 1 is 1.29 bits per heavy atom. The first kappa shape index (κ1) is 18.1. The van der Waals surface area contributed by atoms with Gasteiger partial charge in [-0.2, -0.15) is 0 Å². The first-order valence-electron chi connectivity index (χ1n) is 7.43. The summed E-state index contributed by atoms with van der Waals surface area (Å²) in [5, 5.41) is 5.78. The largest absolute Gasteiger partial charge is 0.351 e. The molecule has 1 aromatic heterocycles. The second kappa shape index (κ2) is 8.56. The summed E-state index contributed by atoms with van der Waals surface area (Å²) in [5.74, 6) is -0.342. The fraction of sp³-hybridized carbons (Fsp3) is 0.312. The highest BCUT2D eigenvalue weighted by Gasteiger charge is 2.09. The van der Waals surface area contributed by atoms with Crippen LogP contribution < -0.4 is 10.6 Å². The normalized spacial score (nSPS) is 10.7. The minimum Gasteiger partial charge on any atom is -0.351 e. The summed E-state index contributed by atoms with van der Waals surface area (Å²) in [6.07, 6.45) is 2.14. The highest BCUT2D eigenvalue weighted by Crippen LogP contribution is 2.21. The Kier molecular flexibility index (Phi) is 6.45. The third-order valence-corrected chi connectivity index (χ3v) is 3.45. The molecule has 8 heteroatoms. The molecule has 0 bridgehead atoms. The molecule has 0 radical (unpaired) electrons. The number of amides is 1. The molecule has 1 aromatic carbocycles. The van der Waals surface area contributed by atoms with Gasteiger partial charge in [0.2, 0.25) is 0 Å². The lowest BCUT2D eigenvalue weighted by atomic mass is 10.3. The lowest BCUT2D eigenvalue weighted by Gasteiger charge is -2.10. The molecular weight excluding hydrogens is 333 g/mol. The number of aromatic nitrogens is 2. The summed E-state index contributed by atoms with van der Waals surface area (Å²) in [6, 6.07) is 5.76. The summed E-state index contributed by atoms with van der Waals surface area (Å²) >= 11 is 5.74. The fourth-order valence-electron chi connectivity index (χ4n) is 1.96. The summed E-state index contributed by atoms with van der Waals surface area (Å²) in [5.41, 5.74) is 0.822. The number of benzene rings is 1. The van der Waals surface area contributed by atoms with Crippen molar-refractivity contribution in [2.45, 2.75) is 6.42 Å². The highest BCUT2D eigenvalue weighted by molar-refractivity contribution is 6.31. The molecule has 6 nitrogen and oxygen atoms in total. The zero-order valence-electron chi connectivity index (χ0n) is 13.5. The Hall–Kier alpha value is -2.25. The van der Waals surface area contributed by atoms with E-state index in [0.29, 0.717) is 18.1 Å². The molecule has 2 aromatic rings. The van der Waals surface area contributed by atoms with Crippen LogP contribution in [-0.2, 0) is 0 Å². The number of carbonyl (C=O) groups is 1. The number of carbonyl (C=O) groups excluding carboxylic acids is 1. The van der Waals surface area contributed by atoms with Crippen molar-refractivity contribution in [2.75, 3.05) is 32.5 Å². The average molecular weight is 352 g/mol. The van der Waals surface area contributed by atoms with Gasteiger partial charge < -0.3 is 15.5 Å². The van der Waals surface area contributed by atoms with Gasteiger partial charge in [-0.15, -0.1) is 0 Å². The number of nitrogens with zero attached hydrogens (tertiary/aromatic N) is 3. The van der Waals surface area contributed by atoms with E-state index in [-0.39, 0.29) is 16.6 Å². The number of hydrogen-bond acceptors (Lipinski definition) is 5. The molecule has 0 aliphatic carbocycles. The van der Waals surface area contributed by atoms with Crippen molar-refractivity contribution in [2.24, 2.45) is 0 Å². The van der Waals surface area contributed by atoms with Gasteiger partial charge in [0.1, 0.15) is 23.7 Å². The van der Waals surface area contributed by atoms with E-state index in [1.807, 2.05) is 19.0 Å². The van der Waals surface area contributed by atoms with E-state index >= 15 is 0 Å². The molecule has 0 atom stereocenters. The van der Waals surface area contributed by atoms with Gasteiger partial charge in [0.05, 0.1) is 5.02 Å². The van der Waals surface area contributed by atoms with Crippen LogP contribution in [0.4, 0.5) is 15.9 Å². The lowest BCUT2D eigenvalue weighted by molar-refractivity contribution is 0.0947. The van der Waals surface area contributed by atoms with Crippen molar-refractivity contribution < 1.29 is 9.18 Å². The van der Waals surface area contributed by atoms with Crippen molar-refractivity contribution in [3.8, 4) is 0 Å². The number of halogens is 2. The van der Waals surface area contributed by atoms with Gasteiger partial charge in [0, 0.05) is 18.3 Å². The summed E-state index contributed by atoms with van der Waals surface area (Å²) in [6.45, 7) is 1.46. The Morgan fingerprint density at radius 3 is 2.79 bits per heavy atom. The lowest BCUT2D eigenvalue weighted by Crippen LogP contribution is -2.27. The van der Waals surface area contributed by atoms with Crippen LogP contribution in [0.25, 0.3) is 0 Å². The maximum atomic E-state index is 13.2. The smallest absolute Gasteiger partial charge is 0.270 e. The highest BCUT2D eigenvalue weighted by atomic mass is 35.5. The Labute approximate surface area is 145 Å². The quantitative estimate of drug-likeness (QED) is 0.750. The predicted molar refractivity (Wildman–Crippen MR) is 92.2 cm³/mol. The van der Waals surface area contributed by atoms with E-state index in [9.17, 15) is 9.18 Å². The third-order valence-electron chi connectivity index (χ3n) is 3.16. The Morgan fingerprint density at radius 2 is 2.08 bits per heavy atom. The van der Waals surface area contributed by atoms with Crippen molar-refractivity contribution in [3.63, 3.8) is 0 Å². The summed E-state index contributed by atoms with van der Waals surface area (Å²) in [7, 11) is 3.96. The van der Waals surface area contributed by atoms with E-state index < -0.39 is 5.82 Å². The molecule has 0 spiro atoms. The molecule has 0 unspecified atom stereocenters. The van der Waals surface area contributed by atoms with Crippen molar-refractivity contribution in [1.82, 2.24) is 20.2 Å². The van der Waals surface area contributed by atoms with Crippen molar-refractivity contribution in [3.05, 3.63) is 47.1 Å². The molecular formula is C16H19ClFN5O. The number of nitrogens with one attached hydrogen (secondary N) is 2. The molecule has 128 valence electrons. The van der Waals surface area contributed by atoms with Crippen LogP contribution >= 0.6 is 11.6 Å². The van der Waals surface area contributed by atoms with Crippen LogP contribution in [0, 0.1) is 5.82 Å². The van der Waals surface area contributed by atoms with Gasteiger partial charge in [0.25, 0.3) is 5.91 Å². The first-order valence-corrected chi connectivity index (χ1v) is 7.80. The van der Waals surface area contributed by atoms with Gasteiger partial charge in [0.15, 0.2) is 0 Å². The summed E-state index contributed by atoms with van der Waals surface area (Å²) < 4.78 is 13.2. The van der Waals surface area contributed by atoms with Crippen LogP contribution in [0.15, 0.2) is 30.6 Å². The molecule has 1 amide bonds. The molecule has 24 heavy (non-hydrogen) atoms. The first-order chi connectivity index (χ1) is 11.5. The topological polar surface area (TPSA) is 70.2 Å². The number of anilines is 2. The van der Waals surface area contributed by atoms with E-state index in [1.54, 1.807) is 0 Å². The Balaban J connectivity index is 1.97. The molecule has 0 fully saturated rings. The van der Waals surface area contributed by atoms with E-state index in [0.717, 1.165) is 13.0 Å². The van der Waals surface area contributed by atoms with E-state index in [2.05, 4.69) is 20.6 Å². The van der Waals surface area contributed by atoms with Crippen LogP contribution in [0.1, 0.15) is 16.9 Å². The van der Waals surface area contributed by atoms with Gasteiger partial charge in [-0.05, 0) is 45.3 Å². The van der Waals surface area contributed by atoms with Crippen LogP contribution in [0.3, 0.4) is 0 Å². The minimum atomic E-state index is -0.498. The molecule has 2 rings (SSSR count). The molecule has 1 heterocycles. The van der Waals surface area contributed by atoms with Crippen molar-refractivity contribution >= 4 is 29.0 Å². The molecule has 0 saturated heterocycles. The third kappa shape index (κ3) is 5.43. The van der Waals surface area contributed by atoms with Gasteiger partial charge in [-0.1, -0.05) is 11.6 Å². The molecule has 0 aliphatic heterocycles. The van der Waals surface area contributed by atoms with E-state index in [4.69, 9.17) is 11.6 Å². The average Bonchev–Trinajstić information content (AvgIpc) is 2.55. The zero-order chi connectivity index (χ0) is 17.5. The maximum Gasteiger partial charge on any atom is 0.270 e. The SMILES string of the molecule is CN(C)CCCNC(=O)c1cc(Nc2ccc(F)c(Cl)c2)ncn1. The van der Waals surface area contributed by atoms with Gasteiger partial charge in [-0.25, -0.2) is 14.4 Å². The number of rotatable bonds is 7. The van der Waals surface area contributed by atoms with Gasteiger partial charge in [-0.3, -0.25) is 4.79 Å². The monoisotopic (exact) mass is 351 g/mol. The second-order valence-corrected chi connectivity index (χ2v) is 5.86. The van der Waals surface area contributed by atoms with Crippen molar-refractivity contribution in [1.29, 1.82) is 0 Å². The molecule has 0 aliphatic rings. The summed E-state index contributed by atoms with van der Waals surface area (Å²) in [4.78, 5) is 22.1. The number of hydrogen-bond donors (Lipinski definition) is 2.